The Labute approximate surface area is 104 Å². The molecule has 0 aromatic heterocycles. The van der Waals surface area contributed by atoms with Crippen LogP contribution in [0.1, 0.15) is 17.3 Å². The predicted octanol–water partition coefficient (Wildman–Crippen LogP) is 4.04. The summed E-state index contributed by atoms with van der Waals surface area (Å²) in [4.78, 5) is 11.4. The van der Waals surface area contributed by atoms with Gasteiger partial charge in [-0.05, 0) is 50.9 Å². The number of esters is 1. The summed E-state index contributed by atoms with van der Waals surface area (Å²) in [5.41, 5.74) is 0.461. The second-order valence-corrected chi connectivity index (χ2v) is 4.58. The average Bonchev–Trinajstić information content (AvgIpc) is 2.11. The van der Waals surface area contributed by atoms with Gasteiger partial charge in [0.1, 0.15) is 0 Å². The van der Waals surface area contributed by atoms with Gasteiger partial charge in [0.25, 0.3) is 0 Å². The first kappa shape index (κ1) is 12.0. The van der Waals surface area contributed by atoms with Crippen molar-refractivity contribution in [2.45, 2.75) is 6.92 Å². The van der Waals surface area contributed by atoms with Crippen molar-refractivity contribution < 1.29 is 9.53 Å². The summed E-state index contributed by atoms with van der Waals surface area (Å²) < 4.78 is 6.17. The predicted molar refractivity (Wildman–Crippen MR) is 62.8 cm³/mol. The Morgan fingerprint density at radius 3 is 2.64 bits per heavy atom. The van der Waals surface area contributed by atoms with Crippen LogP contribution in [0.25, 0.3) is 0 Å². The zero-order chi connectivity index (χ0) is 10.7. The number of halogens is 3. The van der Waals surface area contributed by atoms with Crippen LogP contribution in [0.15, 0.2) is 21.1 Å². The molecule has 0 aliphatic carbocycles. The molecular weight excluding hydrogens is 335 g/mol. The van der Waals surface area contributed by atoms with Crippen molar-refractivity contribution in [3.63, 3.8) is 0 Å². The summed E-state index contributed by atoms with van der Waals surface area (Å²) in [7, 11) is 0. The summed E-state index contributed by atoms with van der Waals surface area (Å²) >= 11 is 12.3. The van der Waals surface area contributed by atoms with Crippen LogP contribution in [-0.2, 0) is 4.74 Å². The van der Waals surface area contributed by atoms with E-state index in [1.54, 1.807) is 19.1 Å². The van der Waals surface area contributed by atoms with Gasteiger partial charge < -0.3 is 4.74 Å². The van der Waals surface area contributed by atoms with Gasteiger partial charge in [-0.3, -0.25) is 0 Å². The fourth-order valence-electron chi connectivity index (χ4n) is 0.888. The molecule has 0 saturated carbocycles. The fraction of sp³-hybridized carbons (Fsp3) is 0.222. The van der Waals surface area contributed by atoms with Gasteiger partial charge in [-0.15, -0.1) is 0 Å². The Morgan fingerprint density at radius 2 is 2.07 bits per heavy atom. The van der Waals surface area contributed by atoms with E-state index in [0.717, 1.165) is 0 Å². The van der Waals surface area contributed by atoms with E-state index in [2.05, 4.69) is 31.9 Å². The lowest BCUT2D eigenvalue weighted by Crippen LogP contribution is -2.05. The van der Waals surface area contributed by atoms with E-state index >= 15 is 0 Å². The Kier molecular flexibility index (Phi) is 4.41. The number of ether oxygens (including phenoxy) is 1. The van der Waals surface area contributed by atoms with Gasteiger partial charge in [0, 0.05) is 8.95 Å². The van der Waals surface area contributed by atoms with Gasteiger partial charge in [0.15, 0.2) is 0 Å². The summed E-state index contributed by atoms with van der Waals surface area (Å²) in [6.07, 6.45) is 0. The van der Waals surface area contributed by atoms with Gasteiger partial charge in [0.2, 0.25) is 0 Å². The molecule has 0 fully saturated rings. The van der Waals surface area contributed by atoms with Crippen LogP contribution in [0.3, 0.4) is 0 Å². The highest BCUT2D eigenvalue weighted by Gasteiger charge is 2.13. The quantitative estimate of drug-likeness (QED) is 0.599. The van der Waals surface area contributed by atoms with E-state index < -0.39 is 0 Å². The fourth-order valence-corrected chi connectivity index (χ4v) is 2.03. The third-order valence-electron chi connectivity index (χ3n) is 1.51. The zero-order valence-corrected chi connectivity index (χ0v) is 11.2. The van der Waals surface area contributed by atoms with Crippen LogP contribution in [-0.4, -0.2) is 12.6 Å². The molecule has 0 aliphatic rings. The van der Waals surface area contributed by atoms with Crippen molar-refractivity contribution in [2.75, 3.05) is 6.61 Å². The SMILES string of the molecule is CCOC(=O)c1cc(Br)c(Cl)cc1Br. The molecule has 1 aromatic carbocycles. The first-order valence-corrected chi connectivity index (χ1v) is 5.84. The van der Waals surface area contributed by atoms with Gasteiger partial charge in [0.05, 0.1) is 17.2 Å². The van der Waals surface area contributed by atoms with E-state index in [-0.39, 0.29) is 5.97 Å². The maximum Gasteiger partial charge on any atom is 0.339 e. The molecule has 0 bridgehead atoms. The highest BCUT2D eigenvalue weighted by molar-refractivity contribution is 9.11. The molecule has 0 heterocycles. The number of carbonyl (C=O) groups is 1. The van der Waals surface area contributed by atoms with E-state index in [0.29, 0.717) is 26.1 Å². The molecular formula is C9H7Br2ClO2. The molecule has 0 N–H and O–H groups in total. The standard InChI is InChI=1S/C9H7Br2ClO2/c1-2-14-9(13)5-3-7(11)8(12)4-6(5)10/h3-4H,2H2,1H3. The minimum absolute atomic E-state index is 0.353. The monoisotopic (exact) mass is 340 g/mol. The highest BCUT2D eigenvalue weighted by Crippen LogP contribution is 2.29. The summed E-state index contributed by atoms with van der Waals surface area (Å²) in [5.74, 6) is -0.364. The Bertz CT molecular complexity index is 366. The normalized spacial score (nSPS) is 10.0. The molecule has 0 amide bonds. The van der Waals surface area contributed by atoms with Crippen LogP contribution in [0, 0.1) is 0 Å². The van der Waals surface area contributed by atoms with Crippen molar-refractivity contribution in [1.82, 2.24) is 0 Å². The van der Waals surface area contributed by atoms with E-state index in [9.17, 15) is 4.79 Å². The smallest absolute Gasteiger partial charge is 0.339 e. The highest BCUT2D eigenvalue weighted by atomic mass is 79.9. The van der Waals surface area contributed by atoms with Crippen LogP contribution >= 0.6 is 43.5 Å². The molecule has 14 heavy (non-hydrogen) atoms. The van der Waals surface area contributed by atoms with E-state index in [4.69, 9.17) is 16.3 Å². The van der Waals surface area contributed by atoms with Gasteiger partial charge in [-0.2, -0.15) is 0 Å². The topological polar surface area (TPSA) is 26.3 Å². The Morgan fingerprint density at radius 1 is 1.43 bits per heavy atom. The van der Waals surface area contributed by atoms with Crippen molar-refractivity contribution in [3.8, 4) is 0 Å². The molecule has 0 aliphatic heterocycles. The molecule has 5 heteroatoms. The third kappa shape index (κ3) is 2.72. The van der Waals surface area contributed by atoms with Gasteiger partial charge in [-0.25, -0.2) is 4.79 Å². The van der Waals surface area contributed by atoms with Crippen LogP contribution in [0.4, 0.5) is 0 Å². The van der Waals surface area contributed by atoms with Crippen molar-refractivity contribution in [1.29, 1.82) is 0 Å². The first-order chi connectivity index (χ1) is 6.56. The first-order valence-electron chi connectivity index (χ1n) is 3.88. The number of rotatable bonds is 2. The molecule has 0 saturated heterocycles. The Hall–Kier alpha value is -0.0600. The second-order valence-electron chi connectivity index (χ2n) is 2.47. The van der Waals surface area contributed by atoms with Gasteiger partial charge >= 0.3 is 5.97 Å². The molecule has 1 aromatic rings. The molecule has 0 atom stereocenters. The average molecular weight is 342 g/mol. The van der Waals surface area contributed by atoms with E-state index in [1.807, 2.05) is 0 Å². The molecule has 0 unspecified atom stereocenters. The van der Waals surface area contributed by atoms with Crippen molar-refractivity contribution in [3.05, 3.63) is 31.7 Å². The second kappa shape index (κ2) is 5.14. The lowest BCUT2D eigenvalue weighted by Gasteiger charge is -2.05. The minimum atomic E-state index is -0.364. The molecule has 76 valence electrons. The van der Waals surface area contributed by atoms with Gasteiger partial charge in [-0.1, -0.05) is 11.6 Å². The summed E-state index contributed by atoms with van der Waals surface area (Å²) in [6.45, 7) is 2.11. The number of hydrogen-bond acceptors (Lipinski definition) is 2. The molecule has 0 radical (unpaired) electrons. The number of carbonyl (C=O) groups excluding carboxylic acids is 1. The van der Waals surface area contributed by atoms with Crippen molar-refractivity contribution in [2.24, 2.45) is 0 Å². The van der Waals surface area contributed by atoms with E-state index in [1.165, 1.54) is 0 Å². The number of hydrogen-bond donors (Lipinski definition) is 0. The lowest BCUT2D eigenvalue weighted by molar-refractivity contribution is 0.0525. The zero-order valence-electron chi connectivity index (χ0n) is 7.31. The maximum absolute atomic E-state index is 11.4. The lowest BCUT2D eigenvalue weighted by atomic mass is 10.2. The molecule has 2 nitrogen and oxygen atoms in total. The van der Waals surface area contributed by atoms with Crippen LogP contribution < -0.4 is 0 Å². The van der Waals surface area contributed by atoms with Crippen LogP contribution in [0.2, 0.25) is 5.02 Å². The maximum atomic E-state index is 11.4. The largest absolute Gasteiger partial charge is 0.462 e. The van der Waals surface area contributed by atoms with Crippen LogP contribution in [0.5, 0.6) is 0 Å². The summed E-state index contributed by atoms with van der Waals surface area (Å²) in [6, 6.07) is 3.28. The third-order valence-corrected chi connectivity index (χ3v) is 3.36. The molecule has 0 spiro atoms. The summed E-state index contributed by atoms with van der Waals surface area (Å²) in [5, 5.41) is 0.546. The molecule has 1 rings (SSSR count). The van der Waals surface area contributed by atoms with Crippen molar-refractivity contribution >= 4 is 49.4 Å². The number of benzene rings is 1. The minimum Gasteiger partial charge on any atom is -0.462 e. The Balaban J connectivity index is 3.09.